The minimum Gasteiger partial charge on any atom is -0.508 e. The predicted octanol–water partition coefficient (Wildman–Crippen LogP) is 6.06. The van der Waals surface area contributed by atoms with Crippen molar-refractivity contribution < 1.29 is 14.3 Å². The number of amides is 1. The van der Waals surface area contributed by atoms with Crippen LogP contribution in [0.15, 0.2) is 67.1 Å². The van der Waals surface area contributed by atoms with Gasteiger partial charge in [0.1, 0.15) is 28.4 Å². The molecule has 0 aliphatic rings. The van der Waals surface area contributed by atoms with Gasteiger partial charge in [0.05, 0.1) is 28.8 Å². The second-order valence-electron chi connectivity index (χ2n) is 9.78. The first-order valence-electron chi connectivity index (χ1n) is 12.4. The Morgan fingerprint density at radius 1 is 1.08 bits per heavy atom. The van der Waals surface area contributed by atoms with Crippen LogP contribution in [0.2, 0.25) is 0 Å². The lowest BCUT2D eigenvalue weighted by Crippen LogP contribution is -2.13. The number of phenolic OH excluding ortho intramolecular Hbond substituents is 1. The molecule has 1 amide bonds. The zero-order chi connectivity index (χ0) is 27.1. The number of H-pyrrole nitrogens is 2. The third kappa shape index (κ3) is 4.79. The normalized spacial score (nSPS) is 11.5. The van der Waals surface area contributed by atoms with Crippen molar-refractivity contribution in [1.29, 1.82) is 0 Å². The molecule has 194 valence electrons. The molecular formula is C29H24FN7O2. The van der Waals surface area contributed by atoms with Crippen LogP contribution in [0.25, 0.3) is 55.8 Å². The summed E-state index contributed by atoms with van der Waals surface area (Å²) in [7, 11) is 0. The van der Waals surface area contributed by atoms with Crippen LogP contribution in [-0.4, -0.2) is 41.1 Å². The fourth-order valence-corrected chi connectivity index (χ4v) is 4.61. The number of hydrogen-bond donors (Lipinski definition) is 4. The molecule has 5 aromatic heterocycles. The number of rotatable bonds is 6. The van der Waals surface area contributed by atoms with Crippen molar-refractivity contribution in [3.8, 4) is 39.5 Å². The Morgan fingerprint density at radius 2 is 1.95 bits per heavy atom. The van der Waals surface area contributed by atoms with Crippen molar-refractivity contribution in [2.45, 2.75) is 20.3 Å². The van der Waals surface area contributed by atoms with Gasteiger partial charge < -0.3 is 15.4 Å². The van der Waals surface area contributed by atoms with Gasteiger partial charge in [-0.2, -0.15) is 5.10 Å². The van der Waals surface area contributed by atoms with Gasteiger partial charge >= 0.3 is 0 Å². The van der Waals surface area contributed by atoms with Gasteiger partial charge in [-0.15, -0.1) is 0 Å². The lowest BCUT2D eigenvalue weighted by molar-refractivity contribution is -0.116. The molecule has 0 spiro atoms. The molecule has 0 saturated carbocycles. The molecule has 0 unspecified atom stereocenters. The number of halogens is 1. The van der Waals surface area contributed by atoms with E-state index < -0.39 is 5.82 Å². The highest BCUT2D eigenvalue weighted by atomic mass is 19.1. The number of nitrogens with one attached hydrogen (secondary N) is 3. The van der Waals surface area contributed by atoms with E-state index in [-0.39, 0.29) is 17.6 Å². The van der Waals surface area contributed by atoms with E-state index in [1.807, 2.05) is 38.1 Å². The van der Waals surface area contributed by atoms with E-state index in [2.05, 4.69) is 30.5 Å². The number of hydrogen-bond acceptors (Lipinski definition) is 6. The maximum absolute atomic E-state index is 14.0. The van der Waals surface area contributed by atoms with E-state index in [4.69, 9.17) is 4.98 Å². The Bertz CT molecular complexity index is 1840. The summed E-state index contributed by atoms with van der Waals surface area (Å²) in [6.07, 6.45) is 5.35. The maximum atomic E-state index is 14.0. The average molecular weight is 522 g/mol. The molecule has 0 aliphatic carbocycles. The Kier molecular flexibility index (Phi) is 5.99. The molecule has 1 aromatic carbocycles. The molecule has 0 aliphatic heterocycles. The second kappa shape index (κ2) is 9.64. The summed E-state index contributed by atoms with van der Waals surface area (Å²) in [6, 6.07) is 13.2. The van der Waals surface area contributed by atoms with E-state index in [1.54, 1.807) is 24.7 Å². The van der Waals surface area contributed by atoms with Crippen LogP contribution in [0.4, 0.5) is 10.1 Å². The number of aromatic nitrogens is 6. The Labute approximate surface area is 222 Å². The molecule has 6 rings (SSSR count). The van der Waals surface area contributed by atoms with Crippen LogP contribution in [-0.2, 0) is 4.79 Å². The number of phenols is 1. The number of benzene rings is 1. The summed E-state index contributed by atoms with van der Waals surface area (Å²) in [4.78, 5) is 29.1. The number of carbonyl (C=O) groups is 1. The molecule has 6 aromatic rings. The monoisotopic (exact) mass is 521 g/mol. The van der Waals surface area contributed by atoms with Crippen molar-refractivity contribution in [2.24, 2.45) is 5.92 Å². The minimum absolute atomic E-state index is 0.0651. The summed E-state index contributed by atoms with van der Waals surface area (Å²) in [5.74, 6) is -0.496. The van der Waals surface area contributed by atoms with Gasteiger partial charge in [-0.3, -0.25) is 14.9 Å². The molecule has 4 N–H and O–H groups in total. The zero-order valence-corrected chi connectivity index (χ0v) is 21.2. The zero-order valence-electron chi connectivity index (χ0n) is 21.2. The van der Waals surface area contributed by atoms with Gasteiger partial charge in [0.2, 0.25) is 5.91 Å². The number of fused-ring (bicyclic) bond motifs is 2. The summed E-state index contributed by atoms with van der Waals surface area (Å²) in [5.41, 5.74) is 6.50. The van der Waals surface area contributed by atoms with Gasteiger partial charge in [-0.05, 0) is 59.5 Å². The SMILES string of the molecule is CC(C)CC(=O)Nc1cncc(-c2ccc3[nH]nc(-c4cc5c(-c6cc(O)cc(F)c6)ccnc5[nH]4)c3n2)c1. The van der Waals surface area contributed by atoms with Crippen molar-refractivity contribution in [1.82, 2.24) is 30.1 Å². The highest BCUT2D eigenvalue weighted by Gasteiger charge is 2.17. The van der Waals surface area contributed by atoms with Crippen molar-refractivity contribution in [2.75, 3.05) is 5.32 Å². The van der Waals surface area contributed by atoms with Gasteiger partial charge in [0.15, 0.2) is 0 Å². The summed E-state index contributed by atoms with van der Waals surface area (Å²) < 4.78 is 14.0. The van der Waals surface area contributed by atoms with E-state index >= 15 is 0 Å². The summed E-state index contributed by atoms with van der Waals surface area (Å²) in [5, 5.41) is 21.1. The molecule has 0 bridgehead atoms. The number of aromatic hydroxyl groups is 1. The largest absolute Gasteiger partial charge is 0.508 e. The first-order chi connectivity index (χ1) is 18.8. The van der Waals surface area contributed by atoms with Gasteiger partial charge in [0, 0.05) is 35.8 Å². The van der Waals surface area contributed by atoms with Crippen LogP contribution in [0.1, 0.15) is 20.3 Å². The summed E-state index contributed by atoms with van der Waals surface area (Å²) in [6.45, 7) is 3.98. The number of aromatic amines is 2. The standard InChI is InChI=1S/C29H24FN7O2/c1-15(2)7-26(39)33-19-9-17(13-31-14-19)23-3-4-24-27(34-23)28(37-36-24)25-12-22-21(5-6-32-29(22)35-25)16-8-18(30)11-20(38)10-16/h3-6,8-15,38H,7H2,1-2H3,(H,32,35)(H,33,39)(H,36,37). The topological polar surface area (TPSA) is 132 Å². The number of anilines is 1. The Hall–Kier alpha value is -5.12. The first-order valence-corrected chi connectivity index (χ1v) is 12.4. The highest BCUT2D eigenvalue weighted by molar-refractivity contribution is 5.99. The number of pyridine rings is 3. The van der Waals surface area contributed by atoms with Crippen LogP contribution in [0.3, 0.4) is 0 Å². The fraction of sp³-hybridized carbons (Fsp3) is 0.138. The molecule has 0 saturated heterocycles. The molecule has 0 radical (unpaired) electrons. The first kappa shape index (κ1) is 24.2. The predicted molar refractivity (Wildman–Crippen MR) is 147 cm³/mol. The molecule has 0 fully saturated rings. The molecule has 10 heteroatoms. The van der Waals surface area contributed by atoms with Crippen LogP contribution >= 0.6 is 0 Å². The van der Waals surface area contributed by atoms with Crippen molar-refractivity contribution in [3.63, 3.8) is 0 Å². The third-order valence-electron chi connectivity index (χ3n) is 6.30. The van der Waals surface area contributed by atoms with Crippen LogP contribution in [0, 0.1) is 11.7 Å². The second-order valence-corrected chi connectivity index (χ2v) is 9.78. The van der Waals surface area contributed by atoms with Gasteiger partial charge in [-0.25, -0.2) is 14.4 Å². The number of nitrogens with zero attached hydrogens (tertiary/aromatic N) is 4. The smallest absolute Gasteiger partial charge is 0.224 e. The summed E-state index contributed by atoms with van der Waals surface area (Å²) >= 11 is 0. The molecular weight excluding hydrogens is 497 g/mol. The van der Waals surface area contributed by atoms with Crippen molar-refractivity contribution in [3.05, 3.63) is 72.9 Å². The molecule has 0 atom stereocenters. The quantitative estimate of drug-likeness (QED) is 0.211. The highest BCUT2D eigenvalue weighted by Crippen LogP contribution is 2.34. The minimum atomic E-state index is -0.529. The molecule has 39 heavy (non-hydrogen) atoms. The van der Waals surface area contributed by atoms with Gasteiger partial charge in [-0.1, -0.05) is 13.8 Å². The van der Waals surface area contributed by atoms with E-state index in [9.17, 15) is 14.3 Å². The fourth-order valence-electron chi connectivity index (χ4n) is 4.61. The number of carbonyl (C=O) groups excluding carboxylic acids is 1. The lowest BCUT2D eigenvalue weighted by atomic mass is 10.0. The van der Waals surface area contributed by atoms with Crippen LogP contribution < -0.4 is 5.32 Å². The van der Waals surface area contributed by atoms with Crippen LogP contribution in [0.5, 0.6) is 5.75 Å². The van der Waals surface area contributed by atoms with E-state index in [0.717, 1.165) is 22.5 Å². The van der Waals surface area contributed by atoms with Gasteiger partial charge in [0.25, 0.3) is 0 Å². The lowest BCUT2D eigenvalue weighted by Gasteiger charge is -2.08. The Morgan fingerprint density at radius 3 is 2.77 bits per heavy atom. The van der Waals surface area contributed by atoms with E-state index in [1.165, 1.54) is 12.1 Å². The average Bonchev–Trinajstić information content (AvgIpc) is 3.51. The van der Waals surface area contributed by atoms with E-state index in [0.29, 0.717) is 51.5 Å². The molecule has 9 nitrogen and oxygen atoms in total. The van der Waals surface area contributed by atoms with Crippen molar-refractivity contribution >= 4 is 33.7 Å². The third-order valence-corrected chi connectivity index (χ3v) is 6.30. The Balaban J connectivity index is 1.39. The molecule has 5 heterocycles. The maximum Gasteiger partial charge on any atom is 0.224 e.